The number of hydrogen-bond acceptors (Lipinski definition) is 2. The predicted octanol–water partition coefficient (Wildman–Crippen LogP) is 4.07. The van der Waals surface area contributed by atoms with Gasteiger partial charge in [-0.25, -0.2) is 4.39 Å². The van der Waals surface area contributed by atoms with Crippen molar-refractivity contribution in [2.75, 3.05) is 19.8 Å². The van der Waals surface area contributed by atoms with Crippen LogP contribution >= 0.6 is 15.9 Å². The summed E-state index contributed by atoms with van der Waals surface area (Å²) < 4.78 is 58.2. The lowest BCUT2D eigenvalue weighted by molar-refractivity contribution is -0.174. The minimum atomic E-state index is -4.32. The minimum Gasteiger partial charge on any atom is -0.490 e. The fourth-order valence-electron chi connectivity index (χ4n) is 1.28. The number of ether oxygens (including phenoxy) is 2. The molecule has 0 unspecified atom stereocenters. The molecule has 0 aliphatic rings. The standard InChI is InChI=1S/C12H13BrF4O2/c13-7-9-2-3-11(10(14)6-9)19-5-1-4-18-8-12(15,16)17/h2-3,6H,1,4-5,7-8H2. The normalized spacial score (nSPS) is 11.6. The second-order valence-electron chi connectivity index (χ2n) is 3.77. The molecule has 0 heterocycles. The molecule has 1 aromatic carbocycles. The molecule has 0 aromatic heterocycles. The second kappa shape index (κ2) is 7.69. The molecule has 0 bridgehead atoms. The van der Waals surface area contributed by atoms with Crippen molar-refractivity contribution in [3.63, 3.8) is 0 Å². The zero-order valence-corrected chi connectivity index (χ0v) is 11.6. The number of halogens is 5. The molecule has 0 spiro atoms. The molecule has 0 aliphatic heterocycles. The molecule has 0 atom stereocenters. The molecule has 108 valence electrons. The van der Waals surface area contributed by atoms with Gasteiger partial charge in [0.2, 0.25) is 0 Å². The van der Waals surface area contributed by atoms with Gasteiger partial charge in [0, 0.05) is 11.8 Å². The van der Waals surface area contributed by atoms with Crippen molar-refractivity contribution < 1.29 is 27.0 Å². The Morgan fingerprint density at radius 2 is 1.89 bits per heavy atom. The van der Waals surface area contributed by atoms with Crippen LogP contribution in [0.5, 0.6) is 5.75 Å². The molecule has 0 amide bonds. The maximum atomic E-state index is 13.4. The first-order valence-corrected chi connectivity index (χ1v) is 6.66. The Bertz CT molecular complexity index is 396. The Morgan fingerprint density at radius 1 is 1.16 bits per heavy atom. The summed E-state index contributed by atoms with van der Waals surface area (Å²) >= 11 is 3.20. The maximum Gasteiger partial charge on any atom is 0.411 e. The molecule has 0 N–H and O–H groups in total. The molecule has 0 fully saturated rings. The van der Waals surface area contributed by atoms with E-state index in [9.17, 15) is 17.6 Å². The van der Waals surface area contributed by atoms with Crippen LogP contribution in [-0.4, -0.2) is 26.0 Å². The van der Waals surface area contributed by atoms with E-state index in [1.165, 1.54) is 12.1 Å². The van der Waals surface area contributed by atoms with E-state index in [0.717, 1.165) is 5.56 Å². The van der Waals surface area contributed by atoms with E-state index in [1.807, 2.05) is 0 Å². The zero-order chi connectivity index (χ0) is 14.3. The SMILES string of the molecule is Fc1cc(CBr)ccc1OCCCOCC(F)(F)F. The Morgan fingerprint density at radius 3 is 2.47 bits per heavy atom. The molecule has 0 saturated heterocycles. The zero-order valence-electron chi connectivity index (χ0n) is 9.97. The number of alkyl halides is 4. The van der Waals surface area contributed by atoms with Gasteiger partial charge >= 0.3 is 6.18 Å². The van der Waals surface area contributed by atoms with Crippen LogP contribution in [0.1, 0.15) is 12.0 Å². The van der Waals surface area contributed by atoms with E-state index in [-0.39, 0.29) is 25.4 Å². The van der Waals surface area contributed by atoms with Gasteiger partial charge in [-0.15, -0.1) is 0 Å². The van der Waals surface area contributed by atoms with E-state index in [2.05, 4.69) is 20.7 Å². The summed E-state index contributed by atoms with van der Waals surface area (Å²) in [6, 6.07) is 4.53. The Hall–Kier alpha value is -0.820. The maximum absolute atomic E-state index is 13.4. The lowest BCUT2D eigenvalue weighted by Crippen LogP contribution is -2.18. The van der Waals surface area contributed by atoms with Crippen LogP contribution in [0.25, 0.3) is 0 Å². The fraction of sp³-hybridized carbons (Fsp3) is 0.500. The van der Waals surface area contributed by atoms with Gasteiger partial charge in [0.25, 0.3) is 0 Å². The monoisotopic (exact) mass is 344 g/mol. The average Bonchev–Trinajstić information content (AvgIpc) is 2.33. The van der Waals surface area contributed by atoms with Crippen LogP contribution in [0.2, 0.25) is 0 Å². The third-order valence-electron chi connectivity index (χ3n) is 2.11. The highest BCUT2D eigenvalue weighted by atomic mass is 79.9. The topological polar surface area (TPSA) is 18.5 Å². The lowest BCUT2D eigenvalue weighted by atomic mass is 10.2. The number of hydrogen-bond donors (Lipinski definition) is 0. The number of benzene rings is 1. The van der Waals surface area contributed by atoms with Crippen LogP contribution < -0.4 is 4.74 Å². The second-order valence-corrected chi connectivity index (χ2v) is 4.33. The van der Waals surface area contributed by atoms with Crippen LogP contribution in [0.15, 0.2) is 18.2 Å². The van der Waals surface area contributed by atoms with E-state index in [0.29, 0.717) is 5.33 Å². The summed E-state index contributed by atoms with van der Waals surface area (Å²) in [5, 5.41) is 0.537. The van der Waals surface area contributed by atoms with Crippen LogP contribution in [0.3, 0.4) is 0 Å². The van der Waals surface area contributed by atoms with Crippen LogP contribution in [0, 0.1) is 5.82 Å². The summed E-state index contributed by atoms with van der Waals surface area (Å²) in [4.78, 5) is 0. The van der Waals surface area contributed by atoms with E-state index in [1.54, 1.807) is 6.07 Å². The fourth-order valence-corrected chi connectivity index (χ4v) is 1.62. The van der Waals surface area contributed by atoms with Crippen molar-refractivity contribution in [3.8, 4) is 5.75 Å². The Kier molecular flexibility index (Phi) is 6.57. The van der Waals surface area contributed by atoms with Crippen LogP contribution in [0.4, 0.5) is 17.6 Å². The van der Waals surface area contributed by atoms with E-state index < -0.39 is 18.6 Å². The molecular formula is C12H13BrF4O2. The molecule has 19 heavy (non-hydrogen) atoms. The molecule has 0 aliphatic carbocycles. The minimum absolute atomic E-state index is 0.0827. The summed E-state index contributed by atoms with van der Waals surface area (Å²) in [5.74, 6) is -0.409. The molecule has 0 radical (unpaired) electrons. The first-order valence-electron chi connectivity index (χ1n) is 5.54. The number of rotatable bonds is 7. The van der Waals surface area contributed by atoms with Gasteiger partial charge < -0.3 is 9.47 Å². The average molecular weight is 345 g/mol. The highest BCUT2D eigenvalue weighted by molar-refractivity contribution is 9.08. The lowest BCUT2D eigenvalue weighted by Gasteiger charge is -2.09. The van der Waals surface area contributed by atoms with Crippen molar-refractivity contribution in [2.45, 2.75) is 17.9 Å². The third kappa shape index (κ3) is 6.77. The van der Waals surface area contributed by atoms with Gasteiger partial charge in [0.05, 0.1) is 13.2 Å². The molecule has 1 rings (SSSR count). The molecular weight excluding hydrogens is 332 g/mol. The first-order chi connectivity index (χ1) is 8.92. The Balaban J connectivity index is 2.23. The van der Waals surface area contributed by atoms with Gasteiger partial charge in [0.15, 0.2) is 11.6 Å². The van der Waals surface area contributed by atoms with Crippen molar-refractivity contribution >= 4 is 15.9 Å². The first kappa shape index (κ1) is 16.2. The van der Waals surface area contributed by atoms with Crippen molar-refractivity contribution in [2.24, 2.45) is 0 Å². The summed E-state index contributed by atoms with van der Waals surface area (Å²) in [6.07, 6.45) is -4.06. The Labute approximate surface area is 116 Å². The van der Waals surface area contributed by atoms with E-state index >= 15 is 0 Å². The van der Waals surface area contributed by atoms with Gasteiger partial charge in [-0.1, -0.05) is 22.0 Å². The van der Waals surface area contributed by atoms with Crippen molar-refractivity contribution in [3.05, 3.63) is 29.6 Å². The molecule has 1 aromatic rings. The summed E-state index contributed by atoms with van der Waals surface area (Å²) in [5.41, 5.74) is 0.776. The van der Waals surface area contributed by atoms with Gasteiger partial charge in [0.1, 0.15) is 6.61 Å². The molecule has 0 saturated carbocycles. The van der Waals surface area contributed by atoms with Gasteiger partial charge in [-0.05, 0) is 17.7 Å². The smallest absolute Gasteiger partial charge is 0.411 e. The summed E-state index contributed by atoms with van der Waals surface area (Å²) in [6.45, 7) is -1.26. The quantitative estimate of drug-likeness (QED) is 0.421. The molecule has 7 heteroatoms. The van der Waals surface area contributed by atoms with Crippen molar-refractivity contribution in [1.29, 1.82) is 0 Å². The largest absolute Gasteiger partial charge is 0.490 e. The van der Waals surface area contributed by atoms with Gasteiger partial charge in [-0.3, -0.25) is 0 Å². The highest BCUT2D eigenvalue weighted by Gasteiger charge is 2.27. The summed E-state index contributed by atoms with van der Waals surface area (Å²) in [7, 11) is 0. The third-order valence-corrected chi connectivity index (χ3v) is 2.75. The molecule has 2 nitrogen and oxygen atoms in total. The predicted molar refractivity (Wildman–Crippen MR) is 66.0 cm³/mol. The van der Waals surface area contributed by atoms with Gasteiger partial charge in [-0.2, -0.15) is 13.2 Å². The van der Waals surface area contributed by atoms with Crippen molar-refractivity contribution in [1.82, 2.24) is 0 Å². The highest BCUT2D eigenvalue weighted by Crippen LogP contribution is 2.20. The van der Waals surface area contributed by atoms with Crippen LogP contribution in [-0.2, 0) is 10.1 Å². The van der Waals surface area contributed by atoms with E-state index in [4.69, 9.17) is 4.74 Å².